The fraction of sp³-hybridized carbons (Fsp3) is 0.286. The Bertz CT molecular complexity index is 937. The molecule has 0 aliphatic carbocycles. The fourth-order valence-electron chi connectivity index (χ4n) is 3.87. The van der Waals surface area contributed by atoms with Crippen molar-refractivity contribution in [1.82, 2.24) is 15.5 Å². The fourth-order valence-corrected chi connectivity index (χ4v) is 4.06. The van der Waals surface area contributed by atoms with E-state index in [0.29, 0.717) is 30.1 Å². The van der Waals surface area contributed by atoms with Crippen LogP contribution in [0.5, 0.6) is 0 Å². The largest absolute Gasteiger partial charge is 0.342 e. The molecule has 150 valence electrons. The van der Waals surface area contributed by atoms with Gasteiger partial charge in [0.2, 0.25) is 11.8 Å². The minimum atomic E-state index is -0.583. The molecule has 2 fully saturated rings. The van der Waals surface area contributed by atoms with Crippen LogP contribution in [0.15, 0.2) is 54.6 Å². The quantitative estimate of drug-likeness (QED) is 0.718. The van der Waals surface area contributed by atoms with Gasteiger partial charge < -0.3 is 20.9 Å². The number of nitrogens with zero attached hydrogens (tertiary/aromatic N) is 1. The summed E-state index contributed by atoms with van der Waals surface area (Å²) in [4.78, 5) is 39.3. The van der Waals surface area contributed by atoms with E-state index in [2.05, 4.69) is 16.0 Å². The summed E-state index contributed by atoms with van der Waals surface area (Å²) >= 11 is 5.92. The molecule has 29 heavy (non-hydrogen) atoms. The van der Waals surface area contributed by atoms with Crippen molar-refractivity contribution in [3.05, 3.63) is 65.2 Å². The van der Waals surface area contributed by atoms with E-state index in [1.54, 1.807) is 29.2 Å². The molecule has 4 rings (SSSR count). The molecule has 4 amide bonds. The topological polar surface area (TPSA) is 90.5 Å². The molecular weight excluding hydrogens is 392 g/mol. The summed E-state index contributed by atoms with van der Waals surface area (Å²) in [5.74, 6) is -0.289. The average molecular weight is 413 g/mol. The summed E-state index contributed by atoms with van der Waals surface area (Å²) in [7, 11) is 0. The number of carbonyl (C=O) groups is 3. The number of benzene rings is 2. The first-order valence-corrected chi connectivity index (χ1v) is 9.85. The summed E-state index contributed by atoms with van der Waals surface area (Å²) in [6, 6.07) is 14.6. The number of urea groups is 1. The van der Waals surface area contributed by atoms with Gasteiger partial charge >= 0.3 is 6.03 Å². The number of hydrogen-bond acceptors (Lipinski definition) is 3. The van der Waals surface area contributed by atoms with Crippen molar-refractivity contribution in [2.75, 3.05) is 11.9 Å². The molecule has 0 radical (unpaired) electrons. The van der Waals surface area contributed by atoms with Crippen LogP contribution in [0.4, 0.5) is 10.5 Å². The van der Waals surface area contributed by atoms with Crippen LogP contribution >= 0.6 is 11.6 Å². The summed E-state index contributed by atoms with van der Waals surface area (Å²) in [6.07, 6.45) is 0.834. The van der Waals surface area contributed by atoms with E-state index < -0.39 is 18.1 Å². The van der Waals surface area contributed by atoms with Crippen LogP contribution < -0.4 is 16.0 Å². The molecule has 8 heteroatoms. The Balaban J connectivity index is 1.37. The Labute approximate surface area is 173 Å². The molecule has 0 spiro atoms. The van der Waals surface area contributed by atoms with Crippen molar-refractivity contribution in [1.29, 1.82) is 0 Å². The van der Waals surface area contributed by atoms with Gasteiger partial charge in [-0.15, -0.1) is 0 Å². The summed E-state index contributed by atoms with van der Waals surface area (Å²) in [5.41, 5.74) is 1.56. The van der Waals surface area contributed by atoms with Crippen LogP contribution in [-0.4, -0.2) is 47.4 Å². The second-order valence-electron chi connectivity index (χ2n) is 7.30. The maximum atomic E-state index is 12.9. The number of nitrogens with one attached hydrogen (secondary N) is 3. The van der Waals surface area contributed by atoms with Crippen LogP contribution in [0.3, 0.4) is 0 Å². The number of amides is 4. The Morgan fingerprint density at radius 2 is 1.93 bits per heavy atom. The third-order valence-corrected chi connectivity index (χ3v) is 5.44. The van der Waals surface area contributed by atoms with Crippen molar-refractivity contribution >= 4 is 35.1 Å². The van der Waals surface area contributed by atoms with Crippen LogP contribution in [0.2, 0.25) is 5.02 Å². The highest BCUT2D eigenvalue weighted by molar-refractivity contribution is 6.30. The number of halogens is 1. The van der Waals surface area contributed by atoms with Crippen molar-refractivity contribution in [3.63, 3.8) is 0 Å². The number of anilines is 1. The van der Waals surface area contributed by atoms with Crippen molar-refractivity contribution in [3.8, 4) is 0 Å². The maximum absolute atomic E-state index is 12.9. The maximum Gasteiger partial charge on any atom is 0.319 e. The lowest BCUT2D eigenvalue weighted by Gasteiger charge is -2.34. The average Bonchev–Trinajstić information content (AvgIpc) is 3.11. The first kappa shape index (κ1) is 19.3. The zero-order valence-electron chi connectivity index (χ0n) is 15.6. The lowest BCUT2D eigenvalue weighted by Crippen LogP contribution is -2.61. The van der Waals surface area contributed by atoms with Crippen LogP contribution in [0.1, 0.15) is 12.0 Å². The lowest BCUT2D eigenvalue weighted by atomic mass is 10.0. The molecule has 2 heterocycles. The molecule has 0 saturated carbocycles. The zero-order valence-corrected chi connectivity index (χ0v) is 16.4. The van der Waals surface area contributed by atoms with Gasteiger partial charge in [-0.1, -0.05) is 48.0 Å². The van der Waals surface area contributed by atoms with Gasteiger partial charge in [-0.25, -0.2) is 4.79 Å². The number of carbonyl (C=O) groups excluding carboxylic acids is 3. The molecule has 2 aliphatic rings. The second kappa shape index (κ2) is 8.13. The SMILES string of the molecule is O=C(Nc1cccc(Cl)c1)N[C@H]1C[C@H]2C(=O)N[C@@H](Cc3ccccc3)C(=O)N2C1. The molecule has 2 aromatic carbocycles. The standard InChI is InChI=1S/C21H21ClN4O3/c22-14-7-4-8-15(10-14)23-21(29)24-16-11-18-19(27)25-17(20(28)26(18)12-16)9-13-5-2-1-3-6-13/h1-8,10,16-18H,9,11-12H2,(H,25,27)(H2,23,24,29)/t16-,17-,18-/m0/s1. The Kier molecular flexibility index (Phi) is 5.40. The van der Waals surface area contributed by atoms with E-state index in [0.717, 1.165) is 5.56 Å². The van der Waals surface area contributed by atoms with E-state index >= 15 is 0 Å². The minimum absolute atomic E-state index is 0.113. The molecule has 2 aromatic rings. The first-order chi connectivity index (χ1) is 14.0. The van der Waals surface area contributed by atoms with Gasteiger partial charge in [0.15, 0.2) is 0 Å². The van der Waals surface area contributed by atoms with Gasteiger partial charge in [0.05, 0.1) is 6.04 Å². The van der Waals surface area contributed by atoms with E-state index in [4.69, 9.17) is 11.6 Å². The van der Waals surface area contributed by atoms with Crippen LogP contribution in [-0.2, 0) is 16.0 Å². The molecule has 7 nitrogen and oxygen atoms in total. The van der Waals surface area contributed by atoms with Gasteiger partial charge in [-0.2, -0.15) is 0 Å². The van der Waals surface area contributed by atoms with Gasteiger partial charge in [0.1, 0.15) is 12.1 Å². The van der Waals surface area contributed by atoms with Gasteiger partial charge in [0.25, 0.3) is 0 Å². The Morgan fingerprint density at radius 1 is 1.14 bits per heavy atom. The van der Waals surface area contributed by atoms with Crippen LogP contribution in [0.25, 0.3) is 0 Å². The minimum Gasteiger partial charge on any atom is -0.342 e. The molecular formula is C21H21ClN4O3. The monoisotopic (exact) mass is 412 g/mol. The van der Waals surface area contributed by atoms with Crippen molar-refractivity contribution < 1.29 is 14.4 Å². The van der Waals surface area contributed by atoms with Crippen molar-refractivity contribution in [2.24, 2.45) is 0 Å². The number of rotatable bonds is 4. The van der Waals surface area contributed by atoms with E-state index in [9.17, 15) is 14.4 Å². The molecule has 3 atom stereocenters. The summed E-state index contributed by atoms with van der Waals surface area (Å²) < 4.78 is 0. The molecule has 0 bridgehead atoms. The normalized spacial score (nSPS) is 23.3. The first-order valence-electron chi connectivity index (χ1n) is 9.47. The highest BCUT2D eigenvalue weighted by atomic mass is 35.5. The predicted molar refractivity (Wildman–Crippen MR) is 110 cm³/mol. The molecule has 3 N–H and O–H groups in total. The molecule has 2 saturated heterocycles. The number of piperazine rings is 1. The number of fused-ring (bicyclic) bond motifs is 1. The second-order valence-corrected chi connectivity index (χ2v) is 7.74. The number of hydrogen-bond donors (Lipinski definition) is 3. The summed E-state index contributed by atoms with van der Waals surface area (Å²) in [5, 5.41) is 8.91. The predicted octanol–water partition coefficient (Wildman–Crippen LogP) is 2.17. The Hall–Kier alpha value is -3.06. The van der Waals surface area contributed by atoms with Gasteiger partial charge in [-0.05, 0) is 30.2 Å². The Morgan fingerprint density at radius 3 is 2.69 bits per heavy atom. The summed E-state index contributed by atoms with van der Waals surface area (Å²) in [6.45, 7) is 0.311. The van der Waals surface area contributed by atoms with E-state index in [1.807, 2.05) is 30.3 Å². The highest BCUT2D eigenvalue weighted by Crippen LogP contribution is 2.24. The third kappa shape index (κ3) is 4.35. The zero-order chi connectivity index (χ0) is 20.4. The molecule has 0 aromatic heterocycles. The molecule has 2 aliphatic heterocycles. The molecule has 0 unspecified atom stereocenters. The van der Waals surface area contributed by atoms with Gasteiger partial charge in [0, 0.05) is 23.7 Å². The van der Waals surface area contributed by atoms with E-state index in [1.165, 1.54) is 0 Å². The third-order valence-electron chi connectivity index (χ3n) is 5.20. The van der Waals surface area contributed by atoms with E-state index in [-0.39, 0.29) is 17.9 Å². The van der Waals surface area contributed by atoms with Crippen molar-refractivity contribution in [2.45, 2.75) is 31.0 Å². The highest BCUT2D eigenvalue weighted by Gasteiger charge is 2.46. The van der Waals surface area contributed by atoms with Gasteiger partial charge in [-0.3, -0.25) is 9.59 Å². The lowest BCUT2D eigenvalue weighted by molar-refractivity contribution is -0.147. The van der Waals surface area contributed by atoms with Crippen LogP contribution in [0, 0.1) is 0 Å². The smallest absolute Gasteiger partial charge is 0.319 e.